The highest BCUT2D eigenvalue weighted by Gasteiger charge is 2.37. The molecule has 0 heterocycles. The predicted molar refractivity (Wildman–Crippen MR) is 81.0 cm³/mol. The molecule has 22 heavy (non-hydrogen) atoms. The fraction of sp³-hybridized carbons (Fsp3) is 0.250. The Bertz CT molecular complexity index is 632. The Kier molecular flexibility index (Phi) is 4.88. The minimum atomic E-state index is -1.14. The van der Waals surface area contributed by atoms with Gasteiger partial charge in [0, 0.05) is 5.03 Å². The second kappa shape index (κ2) is 6.66. The van der Waals surface area contributed by atoms with Gasteiger partial charge in [0.1, 0.15) is 17.8 Å². The topological polar surface area (TPSA) is 83.8 Å². The summed E-state index contributed by atoms with van der Waals surface area (Å²) in [4.78, 5) is 22.1. The van der Waals surface area contributed by atoms with Crippen molar-refractivity contribution in [2.24, 2.45) is 5.41 Å². The summed E-state index contributed by atoms with van der Waals surface area (Å²) >= 11 is 5.82. The number of carboxylic acids is 2. The molecule has 1 aromatic carbocycles. The lowest BCUT2D eigenvalue weighted by atomic mass is 9.82. The lowest BCUT2D eigenvalue weighted by Crippen LogP contribution is -2.35. The first-order valence-electron chi connectivity index (χ1n) is 6.63. The average Bonchev–Trinajstić information content (AvgIpc) is 2.48. The maximum Gasteiger partial charge on any atom is 0.317 e. The zero-order valence-electron chi connectivity index (χ0n) is 11.7. The molecular weight excluding hydrogens is 308 g/mol. The highest BCUT2D eigenvalue weighted by Crippen LogP contribution is 2.32. The quantitative estimate of drug-likeness (QED) is 0.841. The van der Waals surface area contributed by atoms with Gasteiger partial charge in [-0.1, -0.05) is 35.9 Å². The molecule has 0 radical (unpaired) electrons. The zero-order valence-corrected chi connectivity index (χ0v) is 12.4. The number of ether oxygens (including phenoxy) is 1. The van der Waals surface area contributed by atoms with Gasteiger partial charge in [-0.2, -0.15) is 0 Å². The fourth-order valence-electron chi connectivity index (χ4n) is 2.07. The molecule has 0 aromatic heterocycles. The summed E-state index contributed by atoms with van der Waals surface area (Å²) in [7, 11) is 0. The van der Waals surface area contributed by atoms with Crippen LogP contribution in [0.15, 0.2) is 47.5 Å². The van der Waals surface area contributed by atoms with Gasteiger partial charge in [0.15, 0.2) is 0 Å². The van der Waals surface area contributed by atoms with Crippen molar-refractivity contribution in [1.29, 1.82) is 0 Å². The minimum absolute atomic E-state index is 0.0300. The second-order valence-electron chi connectivity index (χ2n) is 5.09. The smallest absolute Gasteiger partial charge is 0.317 e. The van der Waals surface area contributed by atoms with Crippen LogP contribution in [0, 0.1) is 5.41 Å². The molecule has 1 atom stereocenters. The first kappa shape index (κ1) is 16.1. The van der Waals surface area contributed by atoms with Crippen LogP contribution in [0.3, 0.4) is 0 Å². The summed E-state index contributed by atoms with van der Waals surface area (Å²) in [5, 5.41) is 18.6. The van der Waals surface area contributed by atoms with E-state index in [1.54, 1.807) is 36.4 Å². The standard InChI is InChI=1S/C16H15ClO5/c17-12-5-7-16(8-6-12,15(20)21)10-22-13-3-1-11(2-4-13)9-14(18)19/h1-7H,8-10H2,(H,18,19)(H,20,21). The molecule has 0 saturated heterocycles. The molecule has 0 spiro atoms. The summed E-state index contributed by atoms with van der Waals surface area (Å²) in [5.74, 6) is -1.40. The number of allylic oxidation sites excluding steroid dienone is 3. The number of halogens is 1. The molecule has 1 aromatic rings. The summed E-state index contributed by atoms with van der Waals surface area (Å²) in [6, 6.07) is 6.54. The summed E-state index contributed by atoms with van der Waals surface area (Å²) in [6.45, 7) is -0.0300. The Balaban J connectivity index is 2.03. The number of hydrogen-bond acceptors (Lipinski definition) is 3. The molecule has 0 amide bonds. The lowest BCUT2D eigenvalue weighted by Gasteiger charge is -2.27. The maximum atomic E-state index is 11.5. The van der Waals surface area contributed by atoms with Gasteiger partial charge >= 0.3 is 11.9 Å². The molecule has 0 saturated carbocycles. The van der Waals surface area contributed by atoms with Crippen LogP contribution < -0.4 is 4.74 Å². The lowest BCUT2D eigenvalue weighted by molar-refractivity contribution is -0.147. The molecule has 0 aliphatic heterocycles. The van der Waals surface area contributed by atoms with Crippen molar-refractivity contribution in [1.82, 2.24) is 0 Å². The van der Waals surface area contributed by atoms with E-state index in [4.69, 9.17) is 21.4 Å². The SMILES string of the molecule is O=C(O)Cc1ccc(OCC2(C(=O)O)C=CC(Cl)=CC2)cc1. The van der Waals surface area contributed by atoms with E-state index in [1.165, 1.54) is 6.08 Å². The molecule has 1 unspecified atom stereocenters. The van der Waals surface area contributed by atoms with Crippen LogP contribution in [0.25, 0.3) is 0 Å². The van der Waals surface area contributed by atoms with Crippen molar-refractivity contribution in [3.63, 3.8) is 0 Å². The van der Waals surface area contributed by atoms with Crippen LogP contribution >= 0.6 is 11.6 Å². The fourth-order valence-corrected chi connectivity index (χ4v) is 2.21. The van der Waals surface area contributed by atoms with Gasteiger partial charge in [-0.25, -0.2) is 0 Å². The van der Waals surface area contributed by atoms with Gasteiger partial charge in [0.2, 0.25) is 0 Å². The Morgan fingerprint density at radius 2 is 1.91 bits per heavy atom. The van der Waals surface area contributed by atoms with Crippen molar-refractivity contribution in [3.8, 4) is 5.75 Å². The van der Waals surface area contributed by atoms with Crippen molar-refractivity contribution in [2.75, 3.05) is 6.61 Å². The van der Waals surface area contributed by atoms with E-state index >= 15 is 0 Å². The van der Waals surface area contributed by atoms with Gasteiger partial charge in [-0.05, 0) is 30.2 Å². The van der Waals surface area contributed by atoms with Crippen molar-refractivity contribution < 1.29 is 24.5 Å². The van der Waals surface area contributed by atoms with E-state index < -0.39 is 17.4 Å². The number of carbonyl (C=O) groups is 2. The molecule has 0 bridgehead atoms. The normalized spacial score (nSPS) is 20.3. The van der Waals surface area contributed by atoms with Crippen molar-refractivity contribution in [2.45, 2.75) is 12.8 Å². The molecule has 2 N–H and O–H groups in total. The van der Waals surface area contributed by atoms with E-state index in [-0.39, 0.29) is 19.4 Å². The van der Waals surface area contributed by atoms with Crippen molar-refractivity contribution in [3.05, 3.63) is 53.1 Å². The van der Waals surface area contributed by atoms with Crippen molar-refractivity contribution >= 4 is 23.5 Å². The van der Waals surface area contributed by atoms with Gasteiger partial charge in [-0.15, -0.1) is 0 Å². The van der Waals surface area contributed by atoms with Crippen LogP contribution in [0.1, 0.15) is 12.0 Å². The summed E-state index contributed by atoms with van der Waals surface area (Å²) in [5.41, 5.74) is -0.488. The summed E-state index contributed by atoms with van der Waals surface area (Å²) < 4.78 is 5.55. The van der Waals surface area contributed by atoms with E-state index in [9.17, 15) is 14.7 Å². The average molecular weight is 323 g/mol. The molecule has 1 aliphatic rings. The largest absolute Gasteiger partial charge is 0.492 e. The van der Waals surface area contributed by atoms with Crippen LogP contribution in [0.2, 0.25) is 0 Å². The van der Waals surface area contributed by atoms with E-state index in [1.807, 2.05) is 0 Å². The van der Waals surface area contributed by atoms with Crippen LogP contribution in [0.5, 0.6) is 5.75 Å². The number of aliphatic carboxylic acids is 2. The summed E-state index contributed by atoms with van der Waals surface area (Å²) in [6.07, 6.45) is 4.93. The van der Waals surface area contributed by atoms with Crippen LogP contribution in [0.4, 0.5) is 0 Å². The number of benzene rings is 1. The number of rotatable bonds is 6. The molecule has 5 nitrogen and oxygen atoms in total. The van der Waals surface area contributed by atoms with E-state index in [0.717, 1.165) is 0 Å². The third-order valence-electron chi connectivity index (χ3n) is 3.42. The molecule has 6 heteroatoms. The first-order chi connectivity index (χ1) is 10.4. The Hall–Kier alpha value is -2.27. The molecule has 2 rings (SSSR count). The zero-order chi connectivity index (χ0) is 16.2. The highest BCUT2D eigenvalue weighted by atomic mass is 35.5. The minimum Gasteiger partial charge on any atom is -0.492 e. The van der Waals surface area contributed by atoms with Crippen LogP contribution in [-0.4, -0.2) is 28.8 Å². The van der Waals surface area contributed by atoms with Gasteiger partial charge in [0.05, 0.1) is 6.42 Å². The van der Waals surface area contributed by atoms with Gasteiger partial charge in [-0.3, -0.25) is 9.59 Å². The molecule has 116 valence electrons. The van der Waals surface area contributed by atoms with E-state index in [2.05, 4.69) is 0 Å². The molecule has 1 aliphatic carbocycles. The van der Waals surface area contributed by atoms with Gasteiger partial charge < -0.3 is 14.9 Å². The third-order valence-corrected chi connectivity index (χ3v) is 3.70. The maximum absolute atomic E-state index is 11.5. The monoisotopic (exact) mass is 322 g/mol. The Morgan fingerprint density at radius 1 is 1.23 bits per heavy atom. The highest BCUT2D eigenvalue weighted by molar-refractivity contribution is 6.31. The number of carboxylic acid groups (broad SMARTS) is 2. The molecule has 0 fully saturated rings. The van der Waals surface area contributed by atoms with Gasteiger partial charge in [0.25, 0.3) is 0 Å². The first-order valence-corrected chi connectivity index (χ1v) is 7.01. The third kappa shape index (κ3) is 3.89. The second-order valence-corrected chi connectivity index (χ2v) is 5.53. The Labute approximate surface area is 132 Å². The predicted octanol–water partition coefficient (Wildman–Crippen LogP) is 2.85. The van der Waals surface area contributed by atoms with Crippen LogP contribution in [-0.2, 0) is 16.0 Å². The Morgan fingerprint density at radius 3 is 2.41 bits per heavy atom. The molecular formula is C16H15ClO5. The number of hydrogen-bond donors (Lipinski definition) is 2. The van der Waals surface area contributed by atoms with E-state index in [0.29, 0.717) is 16.3 Å².